The first kappa shape index (κ1) is 17.8. The van der Waals surface area contributed by atoms with Crippen molar-refractivity contribution in [3.8, 4) is 34.3 Å². The van der Waals surface area contributed by atoms with Crippen LogP contribution in [0.3, 0.4) is 0 Å². The molecule has 0 aliphatic rings. The van der Waals surface area contributed by atoms with E-state index in [9.17, 15) is 4.79 Å². The Kier molecular flexibility index (Phi) is 4.35. The number of fused-ring (bicyclic) bond motifs is 2. The minimum atomic E-state index is -0.516. The molecule has 0 N–H and O–H groups in total. The van der Waals surface area contributed by atoms with E-state index in [2.05, 4.69) is 0 Å². The molecule has 4 aromatic rings. The zero-order chi connectivity index (χ0) is 19.8. The van der Waals surface area contributed by atoms with Crippen LogP contribution in [0.5, 0.6) is 23.0 Å². The molecule has 0 saturated heterocycles. The second kappa shape index (κ2) is 6.84. The Balaban J connectivity index is 1.90. The van der Waals surface area contributed by atoms with Gasteiger partial charge in [-0.05, 0) is 24.3 Å². The number of furan rings is 1. The van der Waals surface area contributed by atoms with E-state index in [0.717, 1.165) is 5.39 Å². The highest BCUT2D eigenvalue weighted by Gasteiger charge is 2.17. The molecule has 0 aliphatic heterocycles. The van der Waals surface area contributed by atoms with Gasteiger partial charge in [0.2, 0.25) is 0 Å². The van der Waals surface area contributed by atoms with E-state index in [4.69, 9.17) is 27.8 Å². The Morgan fingerprint density at radius 3 is 1.61 bits per heavy atom. The van der Waals surface area contributed by atoms with Crippen molar-refractivity contribution in [3.63, 3.8) is 0 Å². The number of hydrogen-bond acceptors (Lipinski definition) is 7. The molecule has 0 amide bonds. The Morgan fingerprint density at radius 1 is 0.607 bits per heavy atom. The summed E-state index contributed by atoms with van der Waals surface area (Å²) in [4.78, 5) is 12.6. The van der Waals surface area contributed by atoms with Crippen molar-refractivity contribution in [2.24, 2.45) is 0 Å². The van der Waals surface area contributed by atoms with Crippen LogP contribution in [-0.2, 0) is 0 Å². The zero-order valence-electron chi connectivity index (χ0n) is 15.8. The molecule has 4 rings (SSSR count). The fourth-order valence-corrected chi connectivity index (χ4v) is 3.12. The van der Waals surface area contributed by atoms with Crippen molar-refractivity contribution >= 4 is 21.9 Å². The molecule has 0 unspecified atom stereocenters. The fraction of sp³-hybridized carbons (Fsp3) is 0.190. The molecular formula is C21H18O7. The molecule has 2 aromatic carbocycles. The molecule has 0 radical (unpaired) electrons. The maximum absolute atomic E-state index is 12.6. The van der Waals surface area contributed by atoms with Crippen LogP contribution in [0.25, 0.3) is 33.3 Å². The lowest BCUT2D eigenvalue weighted by Gasteiger charge is -2.08. The van der Waals surface area contributed by atoms with Gasteiger partial charge in [-0.3, -0.25) is 0 Å². The van der Waals surface area contributed by atoms with Crippen molar-refractivity contribution in [3.05, 3.63) is 46.8 Å². The average Bonchev–Trinajstić information content (AvgIpc) is 3.13. The molecule has 144 valence electrons. The van der Waals surface area contributed by atoms with Gasteiger partial charge in [0.25, 0.3) is 0 Å². The molecule has 0 spiro atoms. The van der Waals surface area contributed by atoms with Gasteiger partial charge in [-0.25, -0.2) is 4.79 Å². The third-order valence-corrected chi connectivity index (χ3v) is 4.53. The summed E-state index contributed by atoms with van der Waals surface area (Å²) in [6.07, 6.45) is 0. The SMILES string of the molecule is COc1cc2cc(-c3cc4cc(OC)c(OC)cc4oc3=O)oc2cc1OC. The maximum Gasteiger partial charge on any atom is 0.347 e. The summed E-state index contributed by atoms with van der Waals surface area (Å²) in [7, 11) is 6.17. The maximum atomic E-state index is 12.6. The molecule has 28 heavy (non-hydrogen) atoms. The van der Waals surface area contributed by atoms with E-state index in [-0.39, 0.29) is 0 Å². The Labute approximate surface area is 160 Å². The van der Waals surface area contributed by atoms with Crippen LogP contribution in [0.4, 0.5) is 0 Å². The first-order valence-electron chi connectivity index (χ1n) is 8.43. The van der Waals surface area contributed by atoms with Gasteiger partial charge >= 0.3 is 5.63 Å². The van der Waals surface area contributed by atoms with E-state index in [1.807, 2.05) is 0 Å². The number of benzene rings is 2. The van der Waals surface area contributed by atoms with Gasteiger partial charge in [0.15, 0.2) is 23.0 Å². The number of methoxy groups -OCH3 is 4. The average molecular weight is 382 g/mol. The van der Waals surface area contributed by atoms with Crippen LogP contribution < -0.4 is 24.6 Å². The number of ether oxygens (including phenoxy) is 4. The Bertz CT molecular complexity index is 1190. The lowest BCUT2D eigenvalue weighted by atomic mass is 10.1. The molecule has 0 saturated carbocycles. The van der Waals surface area contributed by atoms with Crippen LogP contribution in [0.1, 0.15) is 0 Å². The molecule has 2 heterocycles. The largest absolute Gasteiger partial charge is 0.493 e. The number of hydrogen-bond donors (Lipinski definition) is 0. The smallest absolute Gasteiger partial charge is 0.347 e. The lowest BCUT2D eigenvalue weighted by molar-refractivity contribution is 0.355. The van der Waals surface area contributed by atoms with Crippen molar-refractivity contribution in [1.29, 1.82) is 0 Å². The normalized spacial score (nSPS) is 11.0. The van der Waals surface area contributed by atoms with Crippen molar-refractivity contribution < 1.29 is 27.8 Å². The number of rotatable bonds is 5. The molecule has 0 aliphatic carbocycles. The third kappa shape index (κ3) is 2.81. The monoisotopic (exact) mass is 382 g/mol. The van der Waals surface area contributed by atoms with Gasteiger partial charge in [-0.1, -0.05) is 0 Å². The van der Waals surface area contributed by atoms with Crippen LogP contribution in [0, 0.1) is 0 Å². The zero-order valence-corrected chi connectivity index (χ0v) is 15.8. The Hall–Kier alpha value is -3.61. The molecule has 0 atom stereocenters. The fourth-order valence-electron chi connectivity index (χ4n) is 3.12. The summed E-state index contributed by atoms with van der Waals surface area (Å²) in [6.45, 7) is 0. The predicted octanol–water partition coefficient (Wildman–Crippen LogP) is 4.24. The molecule has 2 aromatic heterocycles. The summed E-state index contributed by atoms with van der Waals surface area (Å²) in [6, 6.07) is 10.3. The van der Waals surface area contributed by atoms with Gasteiger partial charge in [0.05, 0.1) is 28.4 Å². The lowest BCUT2D eigenvalue weighted by Crippen LogP contribution is -2.02. The van der Waals surface area contributed by atoms with Crippen LogP contribution >= 0.6 is 0 Å². The standard InChI is InChI=1S/C21H18O7/c1-23-17-7-11-5-13(21(22)28-15(11)10-20(17)26-4)16-6-12-8-18(24-2)19(25-3)9-14(12)27-16/h5-10H,1-4H3. The topological polar surface area (TPSA) is 80.3 Å². The summed E-state index contributed by atoms with van der Waals surface area (Å²) < 4.78 is 32.5. The minimum absolute atomic E-state index is 0.300. The first-order valence-corrected chi connectivity index (χ1v) is 8.43. The highest BCUT2D eigenvalue weighted by Crippen LogP contribution is 2.37. The van der Waals surface area contributed by atoms with E-state index in [1.54, 1.807) is 57.7 Å². The molecule has 0 bridgehead atoms. The van der Waals surface area contributed by atoms with Crippen LogP contribution in [0.2, 0.25) is 0 Å². The van der Waals surface area contributed by atoms with Gasteiger partial charge in [-0.2, -0.15) is 0 Å². The minimum Gasteiger partial charge on any atom is -0.493 e. The van der Waals surface area contributed by atoms with E-state index < -0.39 is 5.63 Å². The van der Waals surface area contributed by atoms with Crippen LogP contribution in [-0.4, -0.2) is 28.4 Å². The van der Waals surface area contributed by atoms with Crippen LogP contribution in [0.15, 0.2) is 50.0 Å². The van der Waals surface area contributed by atoms with E-state index in [0.29, 0.717) is 50.9 Å². The van der Waals surface area contributed by atoms with Crippen molar-refractivity contribution in [2.75, 3.05) is 28.4 Å². The van der Waals surface area contributed by atoms with Crippen molar-refractivity contribution in [1.82, 2.24) is 0 Å². The second-order valence-corrected chi connectivity index (χ2v) is 6.05. The molecule has 0 fully saturated rings. The second-order valence-electron chi connectivity index (χ2n) is 6.05. The summed E-state index contributed by atoms with van der Waals surface area (Å²) in [5.74, 6) is 2.52. The molecular weight excluding hydrogens is 364 g/mol. The van der Waals surface area contributed by atoms with E-state index in [1.165, 1.54) is 7.11 Å². The highest BCUT2D eigenvalue weighted by molar-refractivity contribution is 5.88. The van der Waals surface area contributed by atoms with Gasteiger partial charge in [0.1, 0.15) is 22.5 Å². The van der Waals surface area contributed by atoms with Gasteiger partial charge in [-0.15, -0.1) is 0 Å². The summed E-state index contributed by atoms with van der Waals surface area (Å²) >= 11 is 0. The summed E-state index contributed by atoms with van der Waals surface area (Å²) in [5.41, 5.74) is 0.747. The van der Waals surface area contributed by atoms with E-state index >= 15 is 0 Å². The Morgan fingerprint density at radius 2 is 1.07 bits per heavy atom. The van der Waals surface area contributed by atoms with Gasteiger partial charge < -0.3 is 27.8 Å². The summed E-state index contributed by atoms with van der Waals surface area (Å²) in [5, 5.41) is 1.46. The highest BCUT2D eigenvalue weighted by atomic mass is 16.5. The molecule has 7 heteroatoms. The predicted molar refractivity (Wildman–Crippen MR) is 104 cm³/mol. The first-order chi connectivity index (χ1) is 13.6. The third-order valence-electron chi connectivity index (χ3n) is 4.53. The van der Waals surface area contributed by atoms with Crippen molar-refractivity contribution in [2.45, 2.75) is 0 Å². The quantitative estimate of drug-likeness (QED) is 0.478. The molecule has 7 nitrogen and oxygen atoms in total. The van der Waals surface area contributed by atoms with Gasteiger partial charge in [0, 0.05) is 22.9 Å².